The monoisotopic (exact) mass is 257 g/mol. The molecule has 0 bridgehead atoms. The van der Waals surface area contributed by atoms with Crippen LogP contribution in [0.15, 0.2) is 23.3 Å². The summed E-state index contributed by atoms with van der Waals surface area (Å²) in [5.41, 5.74) is 2.71. The Morgan fingerprint density at radius 2 is 2.35 bits per heavy atom. The lowest BCUT2D eigenvalue weighted by molar-refractivity contribution is -0.384. The van der Waals surface area contributed by atoms with Gasteiger partial charge in [0.2, 0.25) is 5.90 Å². The number of anilines is 1. The summed E-state index contributed by atoms with van der Waals surface area (Å²) in [6.45, 7) is 1.86. The topological polar surface area (TPSA) is 76.8 Å². The molecule has 1 rings (SSSR count). The first-order valence-electron chi connectivity index (χ1n) is 4.89. The Bertz CT molecular complexity index is 442. The van der Waals surface area contributed by atoms with Crippen molar-refractivity contribution in [1.82, 2.24) is 0 Å². The number of hydrazone groups is 1. The molecule has 0 amide bonds. The number of nitrogens with zero attached hydrogens (tertiary/aromatic N) is 2. The van der Waals surface area contributed by atoms with Crippen LogP contribution < -0.4 is 5.43 Å². The van der Waals surface area contributed by atoms with Crippen LogP contribution in [0.2, 0.25) is 5.02 Å². The van der Waals surface area contributed by atoms with Crippen molar-refractivity contribution < 1.29 is 9.66 Å². The summed E-state index contributed by atoms with van der Waals surface area (Å²) in [6.07, 6.45) is 0.581. The van der Waals surface area contributed by atoms with E-state index in [1.165, 1.54) is 25.3 Å². The maximum atomic E-state index is 10.8. The maximum Gasteiger partial charge on any atom is 0.294 e. The van der Waals surface area contributed by atoms with E-state index in [2.05, 4.69) is 10.5 Å². The van der Waals surface area contributed by atoms with Crippen LogP contribution >= 0.6 is 11.6 Å². The van der Waals surface area contributed by atoms with E-state index >= 15 is 0 Å². The Morgan fingerprint density at radius 1 is 1.65 bits per heavy atom. The molecule has 0 aliphatic heterocycles. The van der Waals surface area contributed by atoms with Crippen molar-refractivity contribution in [2.75, 3.05) is 12.5 Å². The fraction of sp³-hybridized carbons (Fsp3) is 0.300. The van der Waals surface area contributed by atoms with E-state index in [1.807, 2.05) is 6.92 Å². The Hall–Kier alpha value is -1.82. The van der Waals surface area contributed by atoms with Gasteiger partial charge in [0, 0.05) is 17.5 Å². The van der Waals surface area contributed by atoms with Crippen molar-refractivity contribution in [2.45, 2.75) is 13.3 Å². The average molecular weight is 258 g/mol. The normalized spacial score (nSPS) is 11.1. The van der Waals surface area contributed by atoms with Crippen LogP contribution in [0.5, 0.6) is 0 Å². The van der Waals surface area contributed by atoms with E-state index in [4.69, 9.17) is 16.3 Å². The molecule has 1 aromatic carbocycles. The number of benzene rings is 1. The molecule has 0 radical (unpaired) electrons. The fourth-order valence-electron chi connectivity index (χ4n) is 1.15. The maximum absolute atomic E-state index is 10.8. The second-order valence-electron chi connectivity index (χ2n) is 3.09. The molecule has 0 unspecified atom stereocenters. The lowest BCUT2D eigenvalue weighted by Gasteiger charge is -2.05. The molecule has 0 spiro atoms. The summed E-state index contributed by atoms with van der Waals surface area (Å²) in [5.74, 6) is 0.444. The van der Waals surface area contributed by atoms with Crippen molar-refractivity contribution in [2.24, 2.45) is 5.10 Å². The molecule has 0 aromatic heterocycles. The van der Waals surface area contributed by atoms with Gasteiger partial charge < -0.3 is 4.74 Å². The van der Waals surface area contributed by atoms with Crippen molar-refractivity contribution in [3.8, 4) is 0 Å². The summed E-state index contributed by atoms with van der Waals surface area (Å²) in [7, 11) is 1.48. The SMILES string of the molecule is CC/C(=N/Nc1cc(Cl)ccc1[N+](=O)[O-])OC. The van der Waals surface area contributed by atoms with E-state index in [1.54, 1.807) is 0 Å². The number of hydrogen-bond donors (Lipinski definition) is 1. The van der Waals surface area contributed by atoms with Crippen LogP contribution in [0.25, 0.3) is 0 Å². The van der Waals surface area contributed by atoms with Crippen molar-refractivity contribution in [3.63, 3.8) is 0 Å². The van der Waals surface area contributed by atoms with Gasteiger partial charge in [0.25, 0.3) is 5.69 Å². The Labute approximate surface area is 103 Å². The van der Waals surface area contributed by atoms with Crippen molar-refractivity contribution in [3.05, 3.63) is 33.3 Å². The number of nitro groups is 1. The van der Waals surface area contributed by atoms with Gasteiger partial charge in [-0.2, -0.15) is 0 Å². The van der Waals surface area contributed by atoms with Gasteiger partial charge in [-0.3, -0.25) is 15.5 Å². The molecular weight excluding hydrogens is 246 g/mol. The number of rotatable bonds is 4. The fourth-order valence-corrected chi connectivity index (χ4v) is 1.32. The number of ether oxygens (including phenoxy) is 1. The van der Waals surface area contributed by atoms with Crippen LogP contribution in [0.4, 0.5) is 11.4 Å². The summed E-state index contributed by atoms with van der Waals surface area (Å²) < 4.78 is 4.94. The van der Waals surface area contributed by atoms with Crippen LogP contribution in [-0.2, 0) is 4.74 Å². The van der Waals surface area contributed by atoms with E-state index in [-0.39, 0.29) is 11.4 Å². The zero-order valence-electron chi connectivity index (χ0n) is 9.44. The molecule has 17 heavy (non-hydrogen) atoms. The Morgan fingerprint density at radius 3 is 2.88 bits per heavy atom. The van der Waals surface area contributed by atoms with Gasteiger partial charge in [-0.15, -0.1) is 5.10 Å². The molecule has 1 aromatic rings. The third-order valence-corrected chi connectivity index (χ3v) is 2.23. The standard InChI is InChI=1S/C10H12ClN3O3/c1-3-10(17-2)13-12-8-6-7(11)4-5-9(8)14(15)16/h4-6,12H,3H2,1-2H3/b13-10-. The second-order valence-corrected chi connectivity index (χ2v) is 3.53. The Balaban J connectivity index is 3.00. The molecule has 0 saturated carbocycles. The van der Waals surface area contributed by atoms with E-state index in [0.29, 0.717) is 17.3 Å². The third-order valence-electron chi connectivity index (χ3n) is 1.99. The molecule has 0 fully saturated rings. The molecule has 7 heteroatoms. The first-order chi connectivity index (χ1) is 8.08. The Kier molecular flexibility index (Phi) is 4.71. The predicted octanol–water partition coefficient (Wildman–Crippen LogP) is 3.03. The van der Waals surface area contributed by atoms with E-state index < -0.39 is 4.92 Å². The van der Waals surface area contributed by atoms with Gasteiger partial charge >= 0.3 is 0 Å². The minimum atomic E-state index is -0.507. The largest absolute Gasteiger partial charge is 0.483 e. The molecule has 6 nitrogen and oxygen atoms in total. The highest BCUT2D eigenvalue weighted by molar-refractivity contribution is 6.31. The highest BCUT2D eigenvalue weighted by Crippen LogP contribution is 2.27. The predicted molar refractivity (Wildman–Crippen MR) is 66.5 cm³/mol. The molecule has 0 aliphatic carbocycles. The first kappa shape index (κ1) is 13.2. The van der Waals surface area contributed by atoms with Crippen LogP contribution in [0.3, 0.4) is 0 Å². The van der Waals surface area contributed by atoms with E-state index in [0.717, 1.165) is 0 Å². The van der Waals surface area contributed by atoms with Gasteiger partial charge in [-0.1, -0.05) is 18.5 Å². The van der Waals surface area contributed by atoms with Gasteiger partial charge in [-0.05, 0) is 12.1 Å². The lowest BCUT2D eigenvalue weighted by atomic mass is 10.3. The van der Waals surface area contributed by atoms with Gasteiger partial charge in [-0.25, -0.2) is 0 Å². The minimum Gasteiger partial charge on any atom is -0.483 e. The highest BCUT2D eigenvalue weighted by Gasteiger charge is 2.13. The summed E-state index contributed by atoms with van der Waals surface area (Å²) in [6, 6.07) is 4.20. The van der Waals surface area contributed by atoms with Gasteiger partial charge in [0.1, 0.15) is 5.69 Å². The van der Waals surface area contributed by atoms with Gasteiger partial charge in [0.15, 0.2) is 0 Å². The molecule has 1 N–H and O–H groups in total. The lowest BCUT2D eigenvalue weighted by Crippen LogP contribution is -2.04. The number of nitrogens with one attached hydrogen (secondary N) is 1. The third kappa shape index (κ3) is 3.60. The number of hydrogen-bond acceptors (Lipinski definition) is 5. The van der Waals surface area contributed by atoms with Crippen LogP contribution in [0, 0.1) is 10.1 Å². The second kappa shape index (κ2) is 6.05. The number of halogens is 1. The summed E-state index contributed by atoms with van der Waals surface area (Å²) >= 11 is 5.76. The van der Waals surface area contributed by atoms with Gasteiger partial charge in [0.05, 0.1) is 12.0 Å². The molecule has 0 heterocycles. The molecule has 0 aliphatic rings. The molecule has 92 valence electrons. The van der Waals surface area contributed by atoms with Crippen LogP contribution in [0.1, 0.15) is 13.3 Å². The molecule has 0 saturated heterocycles. The first-order valence-corrected chi connectivity index (χ1v) is 5.26. The zero-order valence-corrected chi connectivity index (χ0v) is 10.2. The average Bonchev–Trinajstić information content (AvgIpc) is 2.30. The smallest absolute Gasteiger partial charge is 0.294 e. The van der Waals surface area contributed by atoms with Crippen molar-refractivity contribution in [1.29, 1.82) is 0 Å². The van der Waals surface area contributed by atoms with Crippen molar-refractivity contribution >= 4 is 28.9 Å². The highest BCUT2D eigenvalue weighted by atomic mass is 35.5. The summed E-state index contributed by atoms with van der Waals surface area (Å²) in [5, 5.41) is 15.0. The van der Waals surface area contributed by atoms with E-state index in [9.17, 15) is 10.1 Å². The number of methoxy groups -OCH3 is 1. The summed E-state index contributed by atoms with van der Waals surface area (Å²) in [4.78, 5) is 10.3. The molecule has 0 atom stereocenters. The molecular formula is C10H12ClN3O3. The minimum absolute atomic E-state index is 0.0929. The number of nitro benzene ring substituents is 1. The quantitative estimate of drug-likeness (QED) is 0.389. The zero-order chi connectivity index (χ0) is 12.8. The van der Waals surface area contributed by atoms with Crippen LogP contribution in [-0.4, -0.2) is 17.9 Å².